The van der Waals surface area contributed by atoms with E-state index in [1.165, 1.54) is 19.2 Å². The summed E-state index contributed by atoms with van der Waals surface area (Å²) >= 11 is 5.59. The first-order chi connectivity index (χ1) is 14.0. The maximum Gasteiger partial charge on any atom is 0.337 e. The highest BCUT2D eigenvalue weighted by Crippen LogP contribution is 2.38. The molecule has 2 aromatic carbocycles. The van der Waals surface area contributed by atoms with Crippen molar-refractivity contribution in [3.8, 4) is 11.5 Å². The van der Waals surface area contributed by atoms with Crippen LogP contribution in [0.25, 0.3) is 0 Å². The number of methoxy groups -OCH3 is 1. The zero-order valence-corrected chi connectivity index (χ0v) is 16.7. The first kappa shape index (κ1) is 19.2. The van der Waals surface area contributed by atoms with E-state index in [4.69, 9.17) is 26.4 Å². The molecule has 8 heteroatoms. The van der Waals surface area contributed by atoms with Crippen molar-refractivity contribution in [2.24, 2.45) is 0 Å². The number of carbonyl (C=O) groups excluding carboxylic acids is 1. The van der Waals surface area contributed by atoms with E-state index in [2.05, 4.69) is 5.32 Å². The fraction of sp³-hybridized carbons (Fsp3) is 0.238. The molecule has 2 aliphatic heterocycles. The van der Waals surface area contributed by atoms with E-state index in [9.17, 15) is 9.18 Å². The lowest BCUT2D eigenvalue weighted by molar-refractivity contribution is -0.136. The Labute approximate surface area is 172 Å². The van der Waals surface area contributed by atoms with Crippen molar-refractivity contribution >= 4 is 29.0 Å². The fourth-order valence-electron chi connectivity index (χ4n) is 3.54. The molecule has 150 valence electrons. The fourth-order valence-corrected chi connectivity index (χ4v) is 3.90. The number of carbonyl (C=O) groups is 1. The van der Waals surface area contributed by atoms with E-state index >= 15 is 0 Å². The highest BCUT2D eigenvalue weighted by molar-refractivity contribution is 7.80. The van der Waals surface area contributed by atoms with E-state index < -0.39 is 17.8 Å². The number of rotatable bonds is 3. The standard InChI is InChI=1S/C21H19FN2O4S/c1-12-18(20(25)26-2)19(13-4-3-5-14(22)10-13)23-21(29)24(12)15-6-7-16-17(11-15)28-9-8-27-16/h3-7,10-11,19H,8-9H2,1-2H3,(H,23,29)/t19-/m1/s1. The minimum atomic E-state index is -0.626. The summed E-state index contributed by atoms with van der Waals surface area (Å²) < 4.78 is 30.0. The van der Waals surface area contributed by atoms with Gasteiger partial charge in [-0.15, -0.1) is 0 Å². The third-order valence-electron chi connectivity index (χ3n) is 4.86. The topological polar surface area (TPSA) is 60.0 Å². The van der Waals surface area contributed by atoms with Gasteiger partial charge in [0.1, 0.15) is 19.0 Å². The summed E-state index contributed by atoms with van der Waals surface area (Å²) in [4.78, 5) is 14.4. The SMILES string of the molecule is COC(=O)C1=C(C)N(c2ccc3c(c2)OCCO3)C(=S)N[C@@H]1c1cccc(F)c1. The van der Waals surface area contributed by atoms with Crippen LogP contribution >= 0.6 is 12.2 Å². The van der Waals surface area contributed by atoms with E-state index in [0.29, 0.717) is 52.3 Å². The maximum atomic E-state index is 13.8. The molecule has 0 spiro atoms. The minimum Gasteiger partial charge on any atom is -0.486 e. The van der Waals surface area contributed by atoms with Gasteiger partial charge in [0.15, 0.2) is 16.6 Å². The molecule has 2 aromatic rings. The zero-order valence-electron chi connectivity index (χ0n) is 15.9. The Balaban J connectivity index is 1.81. The van der Waals surface area contributed by atoms with Crippen LogP contribution in [-0.2, 0) is 9.53 Å². The summed E-state index contributed by atoms with van der Waals surface area (Å²) in [6.07, 6.45) is 0. The molecule has 2 aliphatic rings. The van der Waals surface area contributed by atoms with Crippen LogP contribution < -0.4 is 19.7 Å². The van der Waals surface area contributed by atoms with Crippen molar-refractivity contribution in [3.63, 3.8) is 0 Å². The Bertz CT molecular complexity index is 1020. The summed E-state index contributed by atoms with van der Waals surface area (Å²) in [6.45, 7) is 2.74. The van der Waals surface area contributed by atoms with Gasteiger partial charge < -0.3 is 19.5 Å². The van der Waals surface area contributed by atoms with Crippen molar-refractivity contribution in [1.82, 2.24) is 5.32 Å². The van der Waals surface area contributed by atoms with E-state index in [1.54, 1.807) is 30.0 Å². The first-order valence-corrected chi connectivity index (χ1v) is 9.45. The van der Waals surface area contributed by atoms with Gasteiger partial charge in [-0.2, -0.15) is 0 Å². The van der Waals surface area contributed by atoms with Crippen LogP contribution in [0.3, 0.4) is 0 Å². The Hall–Kier alpha value is -3.13. The number of benzene rings is 2. The molecule has 0 saturated heterocycles. The number of thiocarbonyl (C=S) groups is 1. The number of ether oxygens (including phenoxy) is 3. The zero-order chi connectivity index (χ0) is 20.5. The van der Waals surface area contributed by atoms with Gasteiger partial charge >= 0.3 is 5.97 Å². The maximum absolute atomic E-state index is 13.8. The summed E-state index contributed by atoms with van der Waals surface area (Å²) in [5.41, 5.74) is 2.23. The Morgan fingerprint density at radius 3 is 2.69 bits per heavy atom. The average molecular weight is 414 g/mol. The smallest absolute Gasteiger partial charge is 0.337 e. The quantitative estimate of drug-likeness (QED) is 0.610. The summed E-state index contributed by atoms with van der Waals surface area (Å²) in [6, 6.07) is 10.9. The van der Waals surface area contributed by atoms with Crippen molar-refractivity contribution in [2.75, 3.05) is 25.2 Å². The van der Waals surface area contributed by atoms with Crippen LogP contribution in [0.5, 0.6) is 11.5 Å². The second-order valence-electron chi connectivity index (χ2n) is 6.59. The molecule has 6 nitrogen and oxygen atoms in total. The molecule has 1 atom stereocenters. The number of halogens is 1. The highest BCUT2D eigenvalue weighted by atomic mass is 32.1. The van der Waals surface area contributed by atoms with Crippen LogP contribution in [0.15, 0.2) is 53.7 Å². The number of fused-ring (bicyclic) bond motifs is 1. The van der Waals surface area contributed by atoms with Crippen molar-refractivity contribution in [1.29, 1.82) is 0 Å². The average Bonchev–Trinajstić information content (AvgIpc) is 2.72. The molecule has 0 aromatic heterocycles. The van der Waals surface area contributed by atoms with Gasteiger partial charge in [-0.3, -0.25) is 4.90 Å². The molecular weight excluding hydrogens is 395 g/mol. The Morgan fingerprint density at radius 1 is 1.21 bits per heavy atom. The third kappa shape index (κ3) is 3.51. The molecule has 0 radical (unpaired) electrons. The lowest BCUT2D eigenvalue weighted by Crippen LogP contribution is -2.48. The van der Waals surface area contributed by atoms with Gasteiger partial charge in [0.2, 0.25) is 0 Å². The predicted octanol–water partition coefficient (Wildman–Crippen LogP) is 3.48. The minimum absolute atomic E-state index is 0.349. The summed E-state index contributed by atoms with van der Waals surface area (Å²) in [5, 5.41) is 3.52. The Morgan fingerprint density at radius 2 is 1.97 bits per heavy atom. The number of anilines is 1. The lowest BCUT2D eigenvalue weighted by atomic mass is 9.94. The first-order valence-electron chi connectivity index (χ1n) is 9.04. The van der Waals surface area contributed by atoms with Gasteiger partial charge in [0.25, 0.3) is 0 Å². The van der Waals surface area contributed by atoms with Gasteiger partial charge in [-0.25, -0.2) is 9.18 Å². The van der Waals surface area contributed by atoms with Crippen LogP contribution in [0.4, 0.5) is 10.1 Å². The number of esters is 1. The van der Waals surface area contributed by atoms with Crippen LogP contribution in [0, 0.1) is 5.82 Å². The molecule has 0 aliphatic carbocycles. The third-order valence-corrected chi connectivity index (χ3v) is 5.16. The van der Waals surface area contributed by atoms with E-state index in [1.807, 2.05) is 12.1 Å². The number of hydrogen-bond donors (Lipinski definition) is 1. The van der Waals surface area contributed by atoms with Crippen molar-refractivity contribution in [3.05, 3.63) is 65.1 Å². The summed E-state index contributed by atoms with van der Waals surface area (Å²) in [5.74, 6) is 0.347. The van der Waals surface area contributed by atoms with E-state index in [0.717, 1.165) is 0 Å². The van der Waals surface area contributed by atoms with Gasteiger partial charge in [-0.1, -0.05) is 12.1 Å². The molecule has 2 heterocycles. The van der Waals surface area contributed by atoms with Gasteiger partial charge in [0, 0.05) is 11.8 Å². The summed E-state index contributed by atoms with van der Waals surface area (Å²) in [7, 11) is 1.31. The molecule has 0 bridgehead atoms. The van der Waals surface area contributed by atoms with Crippen LogP contribution in [-0.4, -0.2) is 31.4 Å². The number of nitrogens with zero attached hydrogens (tertiary/aromatic N) is 1. The molecule has 0 amide bonds. The highest BCUT2D eigenvalue weighted by Gasteiger charge is 2.35. The van der Waals surface area contributed by atoms with Gasteiger partial charge in [-0.05, 0) is 49.0 Å². The van der Waals surface area contributed by atoms with Crippen molar-refractivity contribution < 1.29 is 23.4 Å². The van der Waals surface area contributed by atoms with Crippen LogP contribution in [0.2, 0.25) is 0 Å². The van der Waals surface area contributed by atoms with Crippen LogP contribution in [0.1, 0.15) is 18.5 Å². The second-order valence-corrected chi connectivity index (χ2v) is 6.98. The molecule has 0 fully saturated rings. The van der Waals surface area contributed by atoms with Crippen molar-refractivity contribution in [2.45, 2.75) is 13.0 Å². The molecule has 0 saturated carbocycles. The molecule has 29 heavy (non-hydrogen) atoms. The Kier molecular flexibility index (Phi) is 5.10. The molecule has 0 unspecified atom stereocenters. The number of nitrogens with one attached hydrogen (secondary N) is 1. The normalized spacial score (nSPS) is 18.4. The largest absolute Gasteiger partial charge is 0.486 e. The molecular formula is C21H19FN2O4S. The predicted molar refractivity (Wildman–Crippen MR) is 110 cm³/mol. The van der Waals surface area contributed by atoms with E-state index in [-0.39, 0.29) is 0 Å². The number of allylic oxidation sites excluding steroid dienone is 1. The molecule has 4 rings (SSSR count). The molecule has 1 N–H and O–H groups in total. The van der Waals surface area contributed by atoms with Gasteiger partial charge in [0.05, 0.1) is 24.4 Å². The lowest BCUT2D eigenvalue weighted by Gasteiger charge is -2.37. The number of hydrogen-bond acceptors (Lipinski definition) is 5. The second kappa shape index (κ2) is 7.71. The monoisotopic (exact) mass is 414 g/mol.